The molecule has 0 fully saturated rings. The lowest BCUT2D eigenvalue weighted by Gasteiger charge is -2.06. The molecule has 13 heavy (non-hydrogen) atoms. The van der Waals surface area contributed by atoms with Gasteiger partial charge in [-0.1, -0.05) is 46.6 Å². The van der Waals surface area contributed by atoms with E-state index in [4.69, 9.17) is 0 Å². The molecule has 0 aromatic carbocycles. The molecule has 0 bridgehead atoms. The van der Waals surface area contributed by atoms with Crippen molar-refractivity contribution in [2.45, 2.75) is 26.7 Å². The van der Waals surface area contributed by atoms with Crippen molar-refractivity contribution in [2.24, 2.45) is 0 Å². The largest absolute Gasteiger partial charge is 0.0802 e. The maximum absolute atomic E-state index is 2.35. The van der Waals surface area contributed by atoms with E-state index in [0.29, 0.717) is 0 Å². The van der Waals surface area contributed by atoms with Crippen LogP contribution in [0.3, 0.4) is 0 Å². The highest BCUT2D eigenvalue weighted by molar-refractivity contribution is 5.47. The normalized spacial score (nSPS) is 21.1. The Hall–Kier alpha value is -1.04. The van der Waals surface area contributed by atoms with E-state index >= 15 is 0 Å². The monoisotopic (exact) mass is 171 g/mol. The third-order valence-corrected chi connectivity index (χ3v) is 2.77. The van der Waals surface area contributed by atoms with Crippen molar-refractivity contribution >= 4 is 0 Å². The quantitative estimate of drug-likeness (QED) is 0.593. The van der Waals surface area contributed by atoms with Crippen LogP contribution in [-0.4, -0.2) is 0 Å². The minimum Gasteiger partial charge on any atom is -0.0802 e. The zero-order valence-corrected chi connectivity index (χ0v) is 8.30. The van der Waals surface area contributed by atoms with Gasteiger partial charge in [-0.15, -0.1) is 0 Å². The minimum atomic E-state index is 1.11. The minimum absolute atomic E-state index is 1.11. The number of allylic oxidation sites excluding steroid dienone is 8. The van der Waals surface area contributed by atoms with Gasteiger partial charge < -0.3 is 0 Å². The van der Waals surface area contributed by atoms with Gasteiger partial charge in [0.1, 0.15) is 0 Å². The molecule has 0 aromatic heterocycles. The fourth-order valence-electron chi connectivity index (χ4n) is 1.82. The van der Waals surface area contributed by atoms with Crippen molar-refractivity contribution in [1.82, 2.24) is 0 Å². The molecule has 0 saturated heterocycles. The van der Waals surface area contributed by atoms with Crippen molar-refractivity contribution in [3.8, 4) is 0 Å². The highest BCUT2D eigenvalue weighted by Crippen LogP contribution is 2.29. The summed E-state index contributed by atoms with van der Waals surface area (Å²) in [6.07, 6.45) is 13.5. The lowest BCUT2D eigenvalue weighted by atomic mass is 9.99. The van der Waals surface area contributed by atoms with Crippen molar-refractivity contribution < 1.29 is 0 Å². The molecule has 67 valence electrons. The predicted molar refractivity (Wildman–Crippen MR) is 57.2 cm³/mol. The van der Waals surface area contributed by atoms with E-state index in [1.165, 1.54) is 22.3 Å². The Labute approximate surface area is 80.3 Å². The zero-order valence-electron chi connectivity index (χ0n) is 8.30. The number of rotatable bonds is 2. The van der Waals surface area contributed by atoms with E-state index in [0.717, 1.165) is 12.8 Å². The highest BCUT2D eigenvalue weighted by atomic mass is 14.2. The molecule has 0 N–H and O–H groups in total. The molecule has 0 saturated carbocycles. The predicted octanol–water partition coefficient (Wildman–Crippen LogP) is 3.74. The van der Waals surface area contributed by atoms with E-state index in [9.17, 15) is 0 Å². The first-order chi connectivity index (χ1) is 6.27. The third-order valence-electron chi connectivity index (χ3n) is 2.77. The van der Waals surface area contributed by atoms with Crippen LogP contribution in [0.4, 0.5) is 0 Å². The lowest BCUT2D eigenvalue weighted by Crippen LogP contribution is -1.88. The van der Waals surface area contributed by atoms with Crippen LogP contribution in [-0.2, 0) is 0 Å². The van der Waals surface area contributed by atoms with Gasteiger partial charge >= 0.3 is 0 Å². The van der Waals surface area contributed by atoms with E-state index in [1.54, 1.807) is 0 Å². The van der Waals surface area contributed by atoms with E-state index in [-0.39, 0.29) is 0 Å². The van der Waals surface area contributed by atoms with Crippen LogP contribution in [0.15, 0.2) is 46.6 Å². The molecule has 2 aliphatic carbocycles. The van der Waals surface area contributed by atoms with Crippen molar-refractivity contribution in [1.29, 1.82) is 0 Å². The van der Waals surface area contributed by atoms with Gasteiger partial charge in [-0.2, -0.15) is 0 Å². The molecule has 0 atom stereocenters. The standard InChI is InChI=1S/C13H15/c1-10-5-3-7-12(10)9-13-8-4-6-11(13)2/h3-6,9H,7-8H2,1-2H3. The molecule has 0 nitrogen and oxygen atoms in total. The summed E-state index contributed by atoms with van der Waals surface area (Å²) >= 11 is 0. The Bertz CT molecular complexity index is 301. The molecule has 0 spiro atoms. The Balaban J connectivity index is 2.08. The molecular weight excluding hydrogens is 156 g/mol. The van der Waals surface area contributed by atoms with Gasteiger partial charge in [0.15, 0.2) is 0 Å². The van der Waals surface area contributed by atoms with Crippen molar-refractivity contribution in [3.05, 3.63) is 53.0 Å². The Morgan fingerprint density at radius 2 is 1.38 bits per heavy atom. The van der Waals surface area contributed by atoms with Gasteiger partial charge in [-0.05, 0) is 26.7 Å². The van der Waals surface area contributed by atoms with Gasteiger partial charge in [0.25, 0.3) is 0 Å². The molecule has 0 heterocycles. The van der Waals surface area contributed by atoms with Gasteiger partial charge in [0.05, 0.1) is 0 Å². The van der Waals surface area contributed by atoms with Crippen LogP contribution in [0.5, 0.6) is 0 Å². The van der Waals surface area contributed by atoms with Crippen LogP contribution >= 0.6 is 0 Å². The maximum Gasteiger partial charge on any atom is 0.0128 e. The third kappa shape index (κ3) is 1.67. The van der Waals surface area contributed by atoms with Gasteiger partial charge in [0.2, 0.25) is 0 Å². The van der Waals surface area contributed by atoms with Crippen LogP contribution < -0.4 is 0 Å². The fraction of sp³-hybridized carbons (Fsp3) is 0.308. The molecule has 0 heteroatoms. The summed E-state index contributed by atoms with van der Waals surface area (Å²) in [6, 6.07) is 0. The molecule has 0 aliphatic heterocycles. The number of hydrogen-bond donors (Lipinski definition) is 0. The van der Waals surface area contributed by atoms with Crippen LogP contribution in [0.1, 0.15) is 26.7 Å². The first-order valence-electron chi connectivity index (χ1n) is 4.84. The average molecular weight is 171 g/mol. The summed E-state index contributed by atoms with van der Waals surface area (Å²) in [4.78, 5) is 0. The summed E-state index contributed by atoms with van der Waals surface area (Å²) in [5.74, 6) is 0. The first-order valence-corrected chi connectivity index (χ1v) is 4.84. The average Bonchev–Trinajstić information content (AvgIpc) is 2.65. The van der Waals surface area contributed by atoms with Crippen LogP contribution in [0.25, 0.3) is 0 Å². The Kier molecular flexibility index (Phi) is 2.22. The Morgan fingerprint density at radius 3 is 1.69 bits per heavy atom. The molecule has 1 radical (unpaired) electrons. The summed E-state index contributed by atoms with van der Waals surface area (Å²) in [6.45, 7) is 4.38. The maximum atomic E-state index is 2.35. The van der Waals surface area contributed by atoms with E-state index in [2.05, 4.69) is 44.6 Å². The smallest absolute Gasteiger partial charge is 0.0128 e. The summed E-state index contributed by atoms with van der Waals surface area (Å²) in [5.41, 5.74) is 5.82. The van der Waals surface area contributed by atoms with Gasteiger partial charge in [0, 0.05) is 6.42 Å². The summed E-state index contributed by atoms with van der Waals surface area (Å²) < 4.78 is 0. The molecule has 0 amide bonds. The lowest BCUT2D eigenvalue weighted by molar-refractivity contribution is 1.16. The summed E-state index contributed by atoms with van der Waals surface area (Å²) in [7, 11) is 0. The van der Waals surface area contributed by atoms with Crippen molar-refractivity contribution in [3.63, 3.8) is 0 Å². The molecule has 0 unspecified atom stereocenters. The van der Waals surface area contributed by atoms with E-state index < -0.39 is 0 Å². The second-order valence-electron chi connectivity index (χ2n) is 3.77. The zero-order chi connectivity index (χ0) is 9.26. The SMILES string of the molecule is CC1=C([CH]C2=C(C)C=CC2)CC=C1. The highest BCUT2D eigenvalue weighted by Gasteiger charge is 2.11. The molecular formula is C13H15. The van der Waals surface area contributed by atoms with Crippen LogP contribution in [0, 0.1) is 6.42 Å². The topological polar surface area (TPSA) is 0 Å². The van der Waals surface area contributed by atoms with Gasteiger partial charge in [-0.25, -0.2) is 0 Å². The second-order valence-corrected chi connectivity index (χ2v) is 3.77. The molecule has 2 rings (SSSR count). The van der Waals surface area contributed by atoms with Crippen molar-refractivity contribution in [2.75, 3.05) is 0 Å². The fourth-order valence-corrected chi connectivity index (χ4v) is 1.82. The summed E-state index contributed by atoms with van der Waals surface area (Å²) in [5, 5.41) is 0. The number of hydrogen-bond acceptors (Lipinski definition) is 0. The molecule has 2 aliphatic rings. The second kappa shape index (κ2) is 3.37. The van der Waals surface area contributed by atoms with Gasteiger partial charge in [-0.3, -0.25) is 0 Å². The molecule has 0 aromatic rings. The Morgan fingerprint density at radius 1 is 0.923 bits per heavy atom. The van der Waals surface area contributed by atoms with E-state index in [1.807, 2.05) is 0 Å². The van der Waals surface area contributed by atoms with Crippen LogP contribution in [0.2, 0.25) is 0 Å². The first kappa shape index (κ1) is 8.55.